The molecule has 6 nitrogen and oxygen atoms in total. The van der Waals surface area contributed by atoms with Crippen molar-refractivity contribution in [2.24, 2.45) is 0 Å². The molecule has 1 heterocycles. The molecule has 3 aromatic rings. The van der Waals surface area contributed by atoms with Crippen molar-refractivity contribution in [1.82, 2.24) is 9.88 Å². The Balaban J connectivity index is 1.60. The van der Waals surface area contributed by atoms with Crippen molar-refractivity contribution in [3.8, 4) is 0 Å². The Bertz CT molecular complexity index is 1040. The van der Waals surface area contributed by atoms with Gasteiger partial charge in [0.1, 0.15) is 0 Å². The van der Waals surface area contributed by atoms with Crippen molar-refractivity contribution >= 4 is 55.8 Å². The number of nitrogens with one attached hydrogen (secondary N) is 2. The molecule has 158 valence electrons. The lowest BCUT2D eigenvalue weighted by atomic mass is 10.1. The summed E-state index contributed by atoms with van der Waals surface area (Å²) in [6, 6.07) is 11.0. The summed E-state index contributed by atoms with van der Waals surface area (Å²) >= 11 is 7.72. The van der Waals surface area contributed by atoms with Gasteiger partial charge in [0.15, 0.2) is 5.13 Å². The molecule has 30 heavy (non-hydrogen) atoms. The number of fused-ring (bicyclic) bond motifs is 1. The number of anilines is 2. The van der Waals surface area contributed by atoms with E-state index in [2.05, 4.69) is 15.6 Å². The van der Waals surface area contributed by atoms with Crippen LogP contribution in [0.4, 0.5) is 10.8 Å². The van der Waals surface area contributed by atoms with E-state index in [1.54, 1.807) is 31.1 Å². The van der Waals surface area contributed by atoms with Gasteiger partial charge in [0.2, 0.25) is 5.91 Å². The molecule has 0 radical (unpaired) electrons. The third kappa shape index (κ3) is 5.49. The first-order valence-electron chi connectivity index (χ1n) is 9.76. The maximum atomic E-state index is 12.7. The second-order valence-electron chi connectivity index (χ2n) is 7.26. The van der Waals surface area contributed by atoms with Crippen LogP contribution in [0.15, 0.2) is 36.4 Å². The number of carbonyl (C=O) groups is 2. The minimum Gasteiger partial charge on any atom is -0.361 e. The maximum Gasteiger partial charge on any atom is 0.255 e. The number of carbonyl (C=O) groups excluding carboxylic acids is 2. The highest BCUT2D eigenvalue weighted by atomic mass is 35.5. The van der Waals surface area contributed by atoms with Crippen LogP contribution < -0.4 is 10.6 Å². The Morgan fingerprint density at radius 3 is 2.70 bits per heavy atom. The highest BCUT2D eigenvalue weighted by Crippen LogP contribution is 2.29. The van der Waals surface area contributed by atoms with Crippen LogP contribution in [0.3, 0.4) is 0 Å². The first-order valence-corrected chi connectivity index (χ1v) is 11.0. The van der Waals surface area contributed by atoms with Gasteiger partial charge in [-0.05, 0) is 49.6 Å². The number of thiazole rings is 1. The molecule has 0 saturated heterocycles. The van der Waals surface area contributed by atoms with Crippen molar-refractivity contribution in [2.45, 2.75) is 26.2 Å². The lowest BCUT2D eigenvalue weighted by molar-refractivity contribution is -0.128. The van der Waals surface area contributed by atoms with Gasteiger partial charge in [-0.2, -0.15) is 0 Å². The van der Waals surface area contributed by atoms with Crippen molar-refractivity contribution in [2.75, 3.05) is 31.3 Å². The number of para-hydroxylation sites is 1. The zero-order valence-corrected chi connectivity index (χ0v) is 18.9. The number of amides is 2. The molecule has 3 rings (SSSR count). The van der Waals surface area contributed by atoms with Gasteiger partial charge in [-0.1, -0.05) is 35.1 Å². The Labute approximate surface area is 185 Å². The second kappa shape index (κ2) is 9.91. The third-order valence-electron chi connectivity index (χ3n) is 4.70. The van der Waals surface area contributed by atoms with E-state index in [0.29, 0.717) is 22.7 Å². The number of aromatic nitrogens is 1. The normalized spacial score (nSPS) is 10.8. The van der Waals surface area contributed by atoms with Crippen LogP contribution in [0.1, 0.15) is 35.2 Å². The van der Waals surface area contributed by atoms with Gasteiger partial charge in [0.25, 0.3) is 5.91 Å². The Hall–Kier alpha value is -2.64. The minimum absolute atomic E-state index is 0.146. The van der Waals surface area contributed by atoms with Crippen LogP contribution in [-0.4, -0.2) is 42.3 Å². The fourth-order valence-corrected chi connectivity index (χ4v) is 4.14. The van der Waals surface area contributed by atoms with Gasteiger partial charge in [-0.25, -0.2) is 4.98 Å². The summed E-state index contributed by atoms with van der Waals surface area (Å²) in [5.74, 6) is -0.0608. The molecule has 0 aliphatic rings. The van der Waals surface area contributed by atoms with Crippen LogP contribution in [0.25, 0.3) is 10.2 Å². The Kier molecular flexibility index (Phi) is 7.29. The summed E-state index contributed by atoms with van der Waals surface area (Å²) in [5.41, 5.74) is 2.94. The van der Waals surface area contributed by atoms with Gasteiger partial charge in [0, 0.05) is 32.6 Å². The van der Waals surface area contributed by atoms with E-state index in [1.165, 1.54) is 11.3 Å². The molecule has 8 heteroatoms. The molecule has 0 spiro atoms. The van der Waals surface area contributed by atoms with Gasteiger partial charge >= 0.3 is 0 Å². The van der Waals surface area contributed by atoms with Crippen LogP contribution in [0, 0.1) is 6.92 Å². The van der Waals surface area contributed by atoms with Gasteiger partial charge in [0.05, 0.1) is 20.9 Å². The zero-order valence-electron chi connectivity index (χ0n) is 17.3. The maximum absolute atomic E-state index is 12.7. The monoisotopic (exact) mass is 444 g/mol. The molecule has 0 aliphatic carbocycles. The van der Waals surface area contributed by atoms with Gasteiger partial charge < -0.3 is 15.5 Å². The molecule has 1 aromatic heterocycles. The van der Waals surface area contributed by atoms with E-state index in [1.807, 2.05) is 31.2 Å². The summed E-state index contributed by atoms with van der Waals surface area (Å²) < 4.78 is 0.934. The molecule has 0 aliphatic heterocycles. The number of nitrogens with zero attached hydrogens (tertiary/aromatic N) is 2. The van der Waals surface area contributed by atoms with E-state index in [9.17, 15) is 9.59 Å². The highest BCUT2D eigenvalue weighted by Gasteiger charge is 2.13. The highest BCUT2D eigenvalue weighted by molar-refractivity contribution is 7.22. The van der Waals surface area contributed by atoms with Crippen molar-refractivity contribution in [3.05, 3.63) is 52.5 Å². The molecule has 0 saturated carbocycles. The van der Waals surface area contributed by atoms with E-state index >= 15 is 0 Å². The third-order valence-corrected chi connectivity index (χ3v) is 5.99. The van der Waals surface area contributed by atoms with Crippen LogP contribution >= 0.6 is 22.9 Å². The number of halogens is 1. The quantitative estimate of drug-likeness (QED) is 0.469. The number of hydrogen-bond acceptors (Lipinski definition) is 5. The van der Waals surface area contributed by atoms with E-state index in [0.717, 1.165) is 40.3 Å². The molecular formula is C22H25ClN4O2S. The zero-order chi connectivity index (χ0) is 21.7. The van der Waals surface area contributed by atoms with Gasteiger partial charge in [-0.3, -0.25) is 9.59 Å². The minimum atomic E-state index is -0.207. The summed E-state index contributed by atoms with van der Waals surface area (Å²) in [5, 5.41) is 7.53. The number of benzene rings is 2. The summed E-state index contributed by atoms with van der Waals surface area (Å²) in [6.07, 6.45) is 2.28. The topological polar surface area (TPSA) is 74.3 Å². The molecule has 0 fully saturated rings. The Morgan fingerprint density at radius 1 is 1.17 bits per heavy atom. The molecule has 2 amide bonds. The molecular weight excluding hydrogens is 420 g/mol. The van der Waals surface area contributed by atoms with Crippen molar-refractivity contribution in [1.29, 1.82) is 0 Å². The summed E-state index contributed by atoms with van der Waals surface area (Å²) in [4.78, 5) is 30.5. The number of aryl methyl sites for hydroxylation is 1. The van der Waals surface area contributed by atoms with E-state index in [4.69, 9.17) is 11.6 Å². The average Bonchev–Trinajstić information content (AvgIpc) is 3.12. The summed E-state index contributed by atoms with van der Waals surface area (Å²) in [7, 11) is 3.54. The molecule has 0 atom stereocenters. The predicted molar refractivity (Wildman–Crippen MR) is 125 cm³/mol. The van der Waals surface area contributed by atoms with Gasteiger partial charge in [-0.15, -0.1) is 0 Å². The van der Waals surface area contributed by atoms with Crippen LogP contribution in [0.2, 0.25) is 5.02 Å². The van der Waals surface area contributed by atoms with Crippen molar-refractivity contribution < 1.29 is 9.59 Å². The molecule has 0 unspecified atom stereocenters. The predicted octanol–water partition coefficient (Wildman–Crippen LogP) is 5.18. The van der Waals surface area contributed by atoms with E-state index in [-0.39, 0.29) is 11.8 Å². The van der Waals surface area contributed by atoms with Crippen LogP contribution in [-0.2, 0) is 4.79 Å². The fourth-order valence-electron chi connectivity index (χ4n) is 2.94. The van der Waals surface area contributed by atoms with Crippen molar-refractivity contribution in [3.63, 3.8) is 0 Å². The molecule has 0 bridgehead atoms. The fraction of sp³-hybridized carbons (Fsp3) is 0.318. The summed E-state index contributed by atoms with van der Waals surface area (Å²) in [6.45, 7) is 2.65. The van der Waals surface area contributed by atoms with Crippen LogP contribution in [0.5, 0.6) is 0 Å². The molecule has 2 N–H and O–H groups in total. The SMILES string of the molecule is Cc1cccc(Cl)c1NC(=O)c1ccc2nc(NCCCCC(=O)N(C)C)sc2c1. The standard InChI is InChI=1S/C22H25ClN4O2S/c1-14-7-6-8-16(23)20(14)26-21(29)15-10-11-17-18(13-15)30-22(25-17)24-12-5-4-9-19(28)27(2)3/h6-8,10-11,13H,4-5,9,12H2,1-3H3,(H,24,25)(H,26,29). The number of rotatable bonds is 8. The smallest absolute Gasteiger partial charge is 0.255 e. The first-order chi connectivity index (χ1) is 14.3. The second-order valence-corrected chi connectivity index (χ2v) is 8.70. The first kappa shape index (κ1) is 22.1. The number of hydrogen-bond donors (Lipinski definition) is 2. The number of unbranched alkanes of at least 4 members (excludes halogenated alkanes) is 1. The average molecular weight is 445 g/mol. The van der Waals surface area contributed by atoms with E-state index < -0.39 is 0 Å². The Morgan fingerprint density at radius 2 is 1.97 bits per heavy atom. The lowest BCUT2D eigenvalue weighted by Gasteiger charge is -2.10. The molecule has 2 aromatic carbocycles. The largest absolute Gasteiger partial charge is 0.361 e. The lowest BCUT2D eigenvalue weighted by Crippen LogP contribution is -2.21.